The maximum atomic E-state index is 13.8. The monoisotopic (exact) mass is 332 g/mol. The van der Waals surface area contributed by atoms with Crippen LogP contribution in [0.4, 0.5) is 4.39 Å². The Morgan fingerprint density at radius 3 is 2.63 bits per heavy atom. The van der Waals surface area contributed by atoms with Crippen LogP contribution in [0, 0.1) is 11.7 Å². The number of ether oxygens (including phenoxy) is 1. The van der Waals surface area contributed by atoms with Crippen LogP contribution in [0.3, 0.4) is 0 Å². The fraction of sp³-hybridized carbons (Fsp3) is 0.571. The van der Waals surface area contributed by atoms with Gasteiger partial charge in [-0.3, -0.25) is 11.3 Å². The van der Waals surface area contributed by atoms with Crippen molar-refractivity contribution in [3.63, 3.8) is 0 Å². The molecule has 1 aromatic carbocycles. The van der Waals surface area contributed by atoms with Crippen molar-refractivity contribution in [2.24, 2.45) is 11.8 Å². The minimum atomic E-state index is -0.220. The number of hydrogen-bond donors (Lipinski definition) is 2. The first-order valence-corrected chi connectivity index (χ1v) is 7.30. The van der Waals surface area contributed by atoms with Crippen LogP contribution >= 0.6 is 15.9 Å². The molecule has 0 aliphatic rings. The van der Waals surface area contributed by atoms with Gasteiger partial charge in [-0.25, -0.2) is 4.39 Å². The molecule has 0 saturated carbocycles. The van der Waals surface area contributed by atoms with Crippen LogP contribution in [0.1, 0.15) is 26.3 Å². The highest BCUT2D eigenvalue weighted by Gasteiger charge is 2.25. The van der Waals surface area contributed by atoms with E-state index in [1.54, 1.807) is 12.1 Å². The fourth-order valence-corrected chi connectivity index (χ4v) is 2.58. The van der Waals surface area contributed by atoms with E-state index >= 15 is 0 Å². The summed E-state index contributed by atoms with van der Waals surface area (Å²) in [4.78, 5) is 0. The number of hydrogen-bond acceptors (Lipinski definition) is 3. The van der Waals surface area contributed by atoms with E-state index in [0.717, 1.165) is 4.47 Å². The minimum Gasteiger partial charge on any atom is -0.377 e. The highest BCUT2D eigenvalue weighted by Crippen LogP contribution is 2.20. The zero-order chi connectivity index (χ0) is 14.4. The van der Waals surface area contributed by atoms with Gasteiger partial charge in [-0.05, 0) is 43.0 Å². The van der Waals surface area contributed by atoms with Gasteiger partial charge in [0, 0.05) is 11.1 Å². The first kappa shape index (κ1) is 16.6. The van der Waals surface area contributed by atoms with Crippen molar-refractivity contribution >= 4 is 15.9 Å². The van der Waals surface area contributed by atoms with Crippen molar-refractivity contribution in [1.82, 2.24) is 5.43 Å². The quantitative estimate of drug-likeness (QED) is 0.596. The highest BCUT2D eigenvalue weighted by molar-refractivity contribution is 9.10. The van der Waals surface area contributed by atoms with Gasteiger partial charge in [0.05, 0.1) is 12.1 Å². The Kier molecular flexibility index (Phi) is 6.93. The average Bonchev–Trinajstić information content (AvgIpc) is 2.37. The Bertz CT molecular complexity index is 401. The summed E-state index contributed by atoms with van der Waals surface area (Å²) < 4.78 is 20.4. The molecule has 2 unspecified atom stereocenters. The molecule has 0 bridgehead atoms. The number of nitrogens with one attached hydrogen (secondary N) is 1. The van der Waals surface area contributed by atoms with Crippen LogP contribution < -0.4 is 11.3 Å². The second-order valence-electron chi connectivity index (χ2n) is 4.88. The van der Waals surface area contributed by atoms with E-state index in [1.165, 1.54) is 6.07 Å². The summed E-state index contributed by atoms with van der Waals surface area (Å²) >= 11 is 3.36. The molecule has 0 amide bonds. The molecular formula is C14H22BrFN2O. The summed E-state index contributed by atoms with van der Waals surface area (Å²) in [7, 11) is 0. The molecule has 5 heteroatoms. The molecule has 0 heterocycles. The molecule has 1 rings (SSSR count). The van der Waals surface area contributed by atoms with E-state index in [2.05, 4.69) is 35.2 Å². The fourth-order valence-electron chi connectivity index (χ4n) is 2.17. The van der Waals surface area contributed by atoms with Crippen LogP contribution in [-0.2, 0) is 11.2 Å². The number of nitrogens with two attached hydrogens (primary N) is 1. The van der Waals surface area contributed by atoms with Gasteiger partial charge in [-0.1, -0.05) is 29.8 Å². The Hall–Kier alpha value is -0.490. The summed E-state index contributed by atoms with van der Waals surface area (Å²) in [5.41, 5.74) is 3.38. The Labute approximate surface area is 122 Å². The highest BCUT2D eigenvalue weighted by atomic mass is 79.9. The van der Waals surface area contributed by atoms with Crippen LogP contribution in [0.25, 0.3) is 0 Å². The molecule has 19 heavy (non-hydrogen) atoms. The molecule has 1 aromatic rings. The zero-order valence-corrected chi connectivity index (χ0v) is 13.2. The van der Waals surface area contributed by atoms with Gasteiger partial charge in [0.25, 0.3) is 0 Å². The second-order valence-corrected chi connectivity index (χ2v) is 5.79. The molecule has 3 nitrogen and oxygen atoms in total. The smallest absolute Gasteiger partial charge is 0.126 e. The lowest BCUT2D eigenvalue weighted by atomic mass is 9.94. The lowest BCUT2D eigenvalue weighted by Crippen LogP contribution is -2.49. The average molecular weight is 333 g/mol. The van der Waals surface area contributed by atoms with Gasteiger partial charge in [-0.2, -0.15) is 0 Å². The number of benzene rings is 1. The second kappa shape index (κ2) is 7.94. The predicted molar refractivity (Wildman–Crippen MR) is 79.2 cm³/mol. The minimum absolute atomic E-state index is 0.0478. The van der Waals surface area contributed by atoms with Gasteiger partial charge >= 0.3 is 0 Å². The molecule has 0 radical (unpaired) electrons. The van der Waals surface area contributed by atoms with Crippen molar-refractivity contribution in [1.29, 1.82) is 0 Å². The normalized spacial score (nSPS) is 14.7. The van der Waals surface area contributed by atoms with E-state index in [1.807, 2.05) is 6.92 Å². The van der Waals surface area contributed by atoms with E-state index < -0.39 is 0 Å². The van der Waals surface area contributed by atoms with Crippen molar-refractivity contribution < 1.29 is 9.13 Å². The standard InChI is InChI=1S/C14H22BrFN2O/c1-4-19-14(9(2)3)13(18-17)8-10-7-11(15)5-6-12(10)16/h5-7,9,13-14,18H,4,8,17H2,1-3H3. The Morgan fingerprint density at radius 2 is 2.11 bits per heavy atom. The number of rotatable bonds is 7. The summed E-state index contributed by atoms with van der Waals surface area (Å²) in [6, 6.07) is 4.80. The maximum absolute atomic E-state index is 13.8. The van der Waals surface area contributed by atoms with Gasteiger partial charge in [-0.15, -0.1) is 0 Å². The SMILES string of the molecule is CCOC(C(C)C)C(Cc1cc(Br)ccc1F)NN. The molecule has 0 fully saturated rings. The third-order valence-corrected chi connectivity index (χ3v) is 3.57. The maximum Gasteiger partial charge on any atom is 0.126 e. The molecule has 2 atom stereocenters. The summed E-state index contributed by atoms with van der Waals surface area (Å²) in [5.74, 6) is 5.70. The van der Waals surface area contributed by atoms with Crippen molar-refractivity contribution in [2.75, 3.05) is 6.61 Å². The van der Waals surface area contributed by atoms with Crippen molar-refractivity contribution in [3.8, 4) is 0 Å². The van der Waals surface area contributed by atoms with Crippen molar-refractivity contribution in [2.45, 2.75) is 39.3 Å². The van der Waals surface area contributed by atoms with Crippen LogP contribution in [0.5, 0.6) is 0 Å². The van der Waals surface area contributed by atoms with Gasteiger partial charge in [0.15, 0.2) is 0 Å². The van der Waals surface area contributed by atoms with Crippen LogP contribution in [-0.4, -0.2) is 18.8 Å². The Morgan fingerprint density at radius 1 is 1.42 bits per heavy atom. The van der Waals surface area contributed by atoms with E-state index in [-0.39, 0.29) is 18.0 Å². The Balaban J connectivity index is 2.88. The molecular weight excluding hydrogens is 311 g/mol. The van der Waals surface area contributed by atoms with E-state index in [4.69, 9.17) is 10.6 Å². The topological polar surface area (TPSA) is 47.3 Å². The van der Waals surface area contributed by atoms with Crippen molar-refractivity contribution in [3.05, 3.63) is 34.1 Å². The summed E-state index contributed by atoms with van der Waals surface area (Å²) in [6.07, 6.45) is 0.443. The first-order chi connectivity index (χ1) is 8.99. The zero-order valence-electron chi connectivity index (χ0n) is 11.6. The van der Waals surface area contributed by atoms with Crippen LogP contribution in [0.2, 0.25) is 0 Å². The molecule has 0 aliphatic carbocycles. The van der Waals surface area contributed by atoms with Gasteiger partial charge < -0.3 is 4.74 Å². The summed E-state index contributed by atoms with van der Waals surface area (Å²) in [5, 5.41) is 0. The lowest BCUT2D eigenvalue weighted by molar-refractivity contribution is 0.00339. The molecule has 0 aromatic heterocycles. The lowest BCUT2D eigenvalue weighted by Gasteiger charge is -2.29. The van der Waals surface area contributed by atoms with E-state index in [0.29, 0.717) is 24.5 Å². The largest absolute Gasteiger partial charge is 0.377 e. The molecule has 108 valence electrons. The predicted octanol–water partition coefficient (Wildman–Crippen LogP) is 3.02. The molecule has 3 N–H and O–H groups in total. The first-order valence-electron chi connectivity index (χ1n) is 6.51. The third kappa shape index (κ3) is 4.84. The third-order valence-electron chi connectivity index (χ3n) is 3.07. The van der Waals surface area contributed by atoms with Crippen LogP contribution in [0.15, 0.2) is 22.7 Å². The van der Waals surface area contributed by atoms with E-state index in [9.17, 15) is 4.39 Å². The molecule has 0 saturated heterocycles. The molecule has 0 aliphatic heterocycles. The number of hydrazine groups is 1. The number of halogens is 2. The van der Waals surface area contributed by atoms with Gasteiger partial charge in [0.2, 0.25) is 0 Å². The summed E-state index contributed by atoms with van der Waals surface area (Å²) in [6.45, 7) is 6.70. The molecule has 0 spiro atoms. The van der Waals surface area contributed by atoms with Gasteiger partial charge in [0.1, 0.15) is 5.82 Å².